The first kappa shape index (κ1) is 12.1. The lowest BCUT2D eigenvalue weighted by Crippen LogP contribution is -2.29. The predicted octanol–water partition coefficient (Wildman–Crippen LogP) is 1.31. The van der Waals surface area contributed by atoms with E-state index in [1.807, 2.05) is 0 Å². The fourth-order valence-electron chi connectivity index (χ4n) is 1.83. The molecule has 5 nitrogen and oxygen atoms in total. The Labute approximate surface area is 103 Å². The highest BCUT2D eigenvalue weighted by Gasteiger charge is 2.27. The molecule has 1 saturated heterocycles. The zero-order valence-corrected chi connectivity index (χ0v) is 10.2. The van der Waals surface area contributed by atoms with E-state index in [1.165, 1.54) is 6.07 Å². The molecule has 0 radical (unpaired) electrons. The second-order valence-corrected chi connectivity index (χ2v) is 4.95. The molecule has 1 aromatic heterocycles. The zero-order chi connectivity index (χ0) is 12.4. The number of carboxylic acids is 1. The molecule has 17 heavy (non-hydrogen) atoms. The van der Waals surface area contributed by atoms with E-state index in [1.54, 1.807) is 18.1 Å². The standard InChI is InChI=1S/C11H13NO4S/c1-16-7-4-5-12(6-7)10(13)8-2-3-9(17-8)11(14)15/h2-3,7H,4-6H2,1H3,(H,14,15). The second-order valence-electron chi connectivity index (χ2n) is 3.87. The molecule has 1 fully saturated rings. The lowest BCUT2D eigenvalue weighted by Gasteiger charge is -2.14. The van der Waals surface area contributed by atoms with Gasteiger partial charge in [0.05, 0.1) is 11.0 Å². The maximum atomic E-state index is 12.0. The Morgan fingerprint density at radius 1 is 1.47 bits per heavy atom. The van der Waals surface area contributed by atoms with Crippen molar-refractivity contribution in [3.8, 4) is 0 Å². The second kappa shape index (κ2) is 4.85. The van der Waals surface area contributed by atoms with Crippen LogP contribution in [0.25, 0.3) is 0 Å². The number of hydrogen-bond donors (Lipinski definition) is 1. The molecule has 1 unspecified atom stereocenters. The van der Waals surface area contributed by atoms with Crippen molar-refractivity contribution in [2.45, 2.75) is 12.5 Å². The van der Waals surface area contributed by atoms with Gasteiger partial charge in [0.1, 0.15) is 4.88 Å². The van der Waals surface area contributed by atoms with Gasteiger partial charge in [-0.15, -0.1) is 11.3 Å². The number of hydrogen-bond acceptors (Lipinski definition) is 4. The third-order valence-corrected chi connectivity index (χ3v) is 3.85. The smallest absolute Gasteiger partial charge is 0.345 e. The number of methoxy groups -OCH3 is 1. The summed E-state index contributed by atoms with van der Waals surface area (Å²) in [6.07, 6.45) is 0.928. The maximum Gasteiger partial charge on any atom is 0.345 e. The van der Waals surface area contributed by atoms with Crippen LogP contribution in [-0.2, 0) is 4.74 Å². The largest absolute Gasteiger partial charge is 0.477 e. The van der Waals surface area contributed by atoms with Crippen molar-refractivity contribution in [3.63, 3.8) is 0 Å². The highest BCUT2D eigenvalue weighted by molar-refractivity contribution is 7.15. The van der Waals surface area contributed by atoms with Crippen LogP contribution in [0.4, 0.5) is 0 Å². The van der Waals surface area contributed by atoms with E-state index < -0.39 is 5.97 Å². The molecule has 1 aliphatic heterocycles. The molecule has 6 heteroatoms. The Balaban J connectivity index is 2.07. The highest BCUT2D eigenvalue weighted by Crippen LogP contribution is 2.21. The molecule has 0 aliphatic carbocycles. The monoisotopic (exact) mass is 255 g/mol. The quantitative estimate of drug-likeness (QED) is 0.884. The number of nitrogens with zero attached hydrogens (tertiary/aromatic N) is 1. The molecule has 0 bridgehead atoms. The van der Waals surface area contributed by atoms with Gasteiger partial charge in [-0.25, -0.2) is 4.79 Å². The zero-order valence-electron chi connectivity index (χ0n) is 9.38. The molecule has 1 amide bonds. The van der Waals surface area contributed by atoms with Crippen molar-refractivity contribution in [2.75, 3.05) is 20.2 Å². The lowest BCUT2D eigenvalue weighted by molar-refractivity contribution is 0.0701. The average Bonchev–Trinajstić information content (AvgIpc) is 2.97. The van der Waals surface area contributed by atoms with Gasteiger partial charge in [-0.1, -0.05) is 0 Å². The molecular formula is C11H13NO4S. The Bertz CT molecular complexity index is 442. The first-order valence-electron chi connectivity index (χ1n) is 5.27. The molecular weight excluding hydrogens is 242 g/mol. The minimum absolute atomic E-state index is 0.0952. The normalized spacial score (nSPS) is 19.6. The topological polar surface area (TPSA) is 66.8 Å². The lowest BCUT2D eigenvalue weighted by atomic mass is 10.3. The Morgan fingerprint density at radius 3 is 2.71 bits per heavy atom. The van der Waals surface area contributed by atoms with Crippen LogP contribution < -0.4 is 0 Å². The predicted molar refractivity (Wildman–Crippen MR) is 62.6 cm³/mol. The number of amides is 1. The number of rotatable bonds is 3. The highest BCUT2D eigenvalue weighted by atomic mass is 32.1. The van der Waals surface area contributed by atoms with Crippen molar-refractivity contribution in [3.05, 3.63) is 21.9 Å². The summed E-state index contributed by atoms with van der Waals surface area (Å²) in [5.41, 5.74) is 0. The van der Waals surface area contributed by atoms with Gasteiger partial charge in [-0.3, -0.25) is 4.79 Å². The SMILES string of the molecule is COC1CCN(C(=O)c2ccc(C(=O)O)s2)C1. The summed E-state index contributed by atoms with van der Waals surface area (Å²) >= 11 is 1.01. The van der Waals surface area contributed by atoms with E-state index in [-0.39, 0.29) is 16.9 Å². The molecule has 0 spiro atoms. The summed E-state index contributed by atoms with van der Waals surface area (Å²) in [6, 6.07) is 3.03. The van der Waals surface area contributed by atoms with Gasteiger partial charge in [-0.2, -0.15) is 0 Å². The van der Waals surface area contributed by atoms with Crippen LogP contribution in [0.1, 0.15) is 25.8 Å². The summed E-state index contributed by atoms with van der Waals surface area (Å²) in [7, 11) is 1.63. The third-order valence-electron chi connectivity index (χ3n) is 2.79. The van der Waals surface area contributed by atoms with Crippen LogP contribution in [0.5, 0.6) is 0 Å². The number of carbonyl (C=O) groups is 2. The van der Waals surface area contributed by atoms with E-state index in [4.69, 9.17) is 9.84 Å². The molecule has 1 aromatic rings. The van der Waals surface area contributed by atoms with Crippen LogP contribution in [-0.4, -0.2) is 48.2 Å². The van der Waals surface area contributed by atoms with Crippen LogP contribution in [0, 0.1) is 0 Å². The van der Waals surface area contributed by atoms with E-state index in [0.717, 1.165) is 17.8 Å². The molecule has 92 valence electrons. The van der Waals surface area contributed by atoms with Gasteiger partial charge in [-0.05, 0) is 18.6 Å². The fraction of sp³-hybridized carbons (Fsp3) is 0.455. The first-order valence-corrected chi connectivity index (χ1v) is 6.08. The summed E-state index contributed by atoms with van der Waals surface area (Å²) in [5, 5.41) is 8.79. The fourth-order valence-corrected chi connectivity index (χ4v) is 2.64. The summed E-state index contributed by atoms with van der Waals surface area (Å²) in [4.78, 5) is 25.1. The number of carbonyl (C=O) groups excluding carboxylic acids is 1. The van der Waals surface area contributed by atoms with Crippen molar-refractivity contribution in [2.24, 2.45) is 0 Å². The molecule has 1 N–H and O–H groups in total. The molecule has 0 saturated carbocycles. The Hall–Kier alpha value is -1.40. The van der Waals surface area contributed by atoms with Crippen molar-refractivity contribution < 1.29 is 19.4 Å². The molecule has 1 atom stereocenters. The van der Waals surface area contributed by atoms with Crippen LogP contribution in [0.3, 0.4) is 0 Å². The first-order chi connectivity index (χ1) is 8.11. The minimum Gasteiger partial charge on any atom is -0.477 e. The Morgan fingerprint density at radius 2 is 2.18 bits per heavy atom. The van der Waals surface area contributed by atoms with E-state index >= 15 is 0 Å². The number of likely N-dealkylation sites (tertiary alicyclic amines) is 1. The van der Waals surface area contributed by atoms with Crippen molar-refractivity contribution in [1.29, 1.82) is 0 Å². The van der Waals surface area contributed by atoms with Crippen LogP contribution in [0.2, 0.25) is 0 Å². The van der Waals surface area contributed by atoms with Gasteiger partial charge in [0.15, 0.2) is 0 Å². The maximum absolute atomic E-state index is 12.0. The number of carboxylic acid groups (broad SMARTS) is 1. The molecule has 2 rings (SSSR count). The molecule has 2 heterocycles. The number of ether oxygens (including phenoxy) is 1. The van der Waals surface area contributed by atoms with Gasteiger partial charge >= 0.3 is 5.97 Å². The average molecular weight is 255 g/mol. The summed E-state index contributed by atoms with van der Waals surface area (Å²) in [5.74, 6) is -1.10. The molecule has 1 aliphatic rings. The third kappa shape index (κ3) is 2.48. The van der Waals surface area contributed by atoms with Crippen LogP contribution in [0.15, 0.2) is 12.1 Å². The van der Waals surface area contributed by atoms with Crippen molar-refractivity contribution >= 4 is 23.2 Å². The Kier molecular flexibility index (Phi) is 3.44. The summed E-state index contributed by atoms with van der Waals surface area (Å²) < 4.78 is 5.19. The van der Waals surface area contributed by atoms with E-state index in [9.17, 15) is 9.59 Å². The summed E-state index contributed by atoms with van der Waals surface area (Å²) in [6.45, 7) is 1.24. The number of aromatic carboxylic acids is 1. The minimum atomic E-state index is -0.995. The van der Waals surface area contributed by atoms with Gasteiger partial charge in [0.25, 0.3) is 5.91 Å². The van der Waals surface area contributed by atoms with Gasteiger partial charge in [0.2, 0.25) is 0 Å². The van der Waals surface area contributed by atoms with Crippen molar-refractivity contribution in [1.82, 2.24) is 4.90 Å². The molecule has 0 aromatic carbocycles. The number of thiophene rings is 1. The van der Waals surface area contributed by atoms with Gasteiger partial charge in [0, 0.05) is 20.2 Å². The van der Waals surface area contributed by atoms with Gasteiger partial charge < -0.3 is 14.7 Å². The van der Waals surface area contributed by atoms with E-state index in [0.29, 0.717) is 18.0 Å². The van der Waals surface area contributed by atoms with E-state index in [2.05, 4.69) is 0 Å². The van der Waals surface area contributed by atoms with Crippen LogP contribution >= 0.6 is 11.3 Å².